The summed E-state index contributed by atoms with van der Waals surface area (Å²) in [6, 6.07) is 13.1. The van der Waals surface area contributed by atoms with Crippen molar-refractivity contribution < 1.29 is 45.0 Å². The molecule has 0 fully saturated rings. The van der Waals surface area contributed by atoms with E-state index in [1.807, 2.05) is 0 Å². The number of nitrogens with zero attached hydrogens (tertiary/aromatic N) is 1. The van der Waals surface area contributed by atoms with Crippen LogP contribution in [0.2, 0.25) is 5.02 Å². The fourth-order valence-corrected chi connectivity index (χ4v) is 3.37. The van der Waals surface area contributed by atoms with E-state index < -0.39 is 42.2 Å². The topological polar surface area (TPSA) is 32.7 Å². The standard InChI is InChI=1S/C24H18ClF8NO2/c1-14-5-2-10-19(21(14)25)36-18-9-4-8-17(12-18)34(13-20(35)23(28,29)30)16-7-3-6-15(11-16)22(26,27)24(31,32)33/h2-12,20,35H,13H2,1H3. The van der Waals surface area contributed by atoms with Gasteiger partial charge in [0.05, 0.1) is 11.6 Å². The van der Waals surface area contributed by atoms with Gasteiger partial charge >= 0.3 is 18.3 Å². The molecule has 12 heteroatoms. The highest BCUT2D eigenvalue weighted by Gasteiger charge is 2.58. The minimum atomic E-state index is -5.93. The summed E-state index contributed by atoms with van der Waals surface area (Å²) in [6.07, 6.45) is -14.0. The van der Waals surface area contributed by atoms with Gasteiger partial charge in [-0.2, -0.15) is 35.1 Å². The lowest BCUT2D eigenvalue weighted by atomic mass is 10.1. The van der Waals surface area contributed by atoms with Crippen LogP contribution in [0.1, 0.15) is 11.1 Å². The SMILES string of the molecule is Cc1cccc(Oc2cccc(N(CC(O)C(F)(F)F)c3cccc(C(F)(F)C(F)(F)F)c3)c2)c1Cl. The van der Waals surface area contributed by atoms with E-state index in [4.69, 9.17) is 16.3 Å². The van der Waals surface area contributed by atoms with Crippen LogP contribution in [0.15, 0.2) is 66.7 Å². The van der Waals surface area contributed by atoms with Crippen LogP contribution in [0.25, 0.3) is 0 Å². The number of benzene rings is 3. The molecule has 3 aromatic carbocycles. The molecule has 0 spiro atoms. The molecule has 0 aromatic heterocycles. The van der Waals surface area contributed by atoms with E-state index in [0.29, 0.717) is 17.7 Å². The normalized spacial score (nSPS) is 13.4. The molecule has 194 valence electrons. The molecule has 1 unspecified atom stereocenters. The van der Waals surface area contributed by atoms with E-state index >= 15 is 0 Å². The first-order valence-electron chi connectivity index (χ1n) is 10.2. The van der Waals surface area contributed by atoms with Crippen molar-refractivity contribution in [1.82, 2.24) is 0 Å². The highest BCUT2D eigenvalue weighted by Crippen LogP contribution is 2.45. The molecule has 3 nitrogen and oxygen atoms in total. The average molecular weight is 540 g/mol. The van der Waals surface area contributed by atoms with Crippen LogP contribution >= 0.6 is 11.6 Å². The Bertz CT molecular complexity index is 1210. The van der Waals surface area contributed by atoms with Crippen molar-refractivity contribution in [3.8, 4) is 11.5 Å². The molecule has 0 aliphatic heterocycles. The van der Waals surface area contributed by atoms with Crippen LogP contribution < -0.4 is 9.64 Å². The van der Waals surface area contributed by atoms with Crippen LogP contribution in [-0.4, -0.2) is 30.1 Å². The maximum atomic E-state index is 13.9. The van der Waals surface area contributed by atoms with E-state index in [9.17, 15) is 40.2 Å². The smallest absolute Gasteiger partial charge is 0.456 e. The molecule has 1 N–H and O–H groups in total. The second-order valence-corrected chi connectivity index (χ2v) is 8.15. The summed E-state index contributed by atoms with van der Waals surface area (Å²) in [6.45, 7) is 0.523. The molecule has 0 saturated carbocycles. The Hall–Kier alpha value is -3.05. The zero-order valence-electron chi connectivity index (χ0n) is 18.3. The molecule has 3 aromatic rings. The summed E-state index contributed by atoms with van der Waals surface area (Å²) in [5.74, 6) is -4.95. The van der Waals surface area contributed by atoms with Crippen molar-refractivity contribution in [3.63, 3.8) is 0 Å². The number of rotatable bonds is 7. The Morgan fingerprint density at radius 3 is 2.06 bits per heavy atom. The number of alkyl halides is 8. The van der Waals surface area contributed by atoms with Crippen molar-refractivity contribution in [2.24, 2.45) is 0 Å². The first kappa shape index (κ1) is 27.5. The molecular weight excluding hydrogens is 522 g/mol. The number of aliphatic hydroxyl groups excluding tert-OH is 1. The Morgan fingerprint density at radius 1 is 0.861 bits per heavy atom. The summed E-state index contributed by atoms with van der Waals surface area (Å²) < 4.78 is 112. The summed E-state index contributed by atoms with van der Waals surface area (Å²) in [7, 11) is 0. The Balaban J connectivity index is 2.06. The van der Waals surface area contributed by atoms with Gasteiger partial charge < -0.3 is 14.7 Å². The van der Waals surface area contributed by atoms with Gasteiger partial charge in [-0.25, -0.2) is 0 Å². The van der Waals surface area contributed by atoms with Gasteiger partial charge in [0.25, 0.3) is 0 Å². The minimum absolute atomic E-state index is 0.0768. The molecule has 3 rings (SSSR count). The van der Waals surface area contributed by atoms with Gasteiger partial charge in [0.15, 0.2) is 6.10 Å². The lowest BCUT2D eigenvalue weighted by Crippen LogP contribution is -2.39. The van der Waals surface area contributed by atoms with Crippen molar-refractivity contribution in [1.29, 1.82) is 0 Å². The first-order chi connectivity index (χ1) is 16.6. The van der Waals surface area contributed by atoms with E-state index in [0.717, 1.165) is 17.0 Å². The highest BCUT2D eigenvalue weighted by molar-refractivity contribution is 6.32. The van der Waals surface area contributed by atoms with Gasteiger partial charge in [-0.05, 0) is 42.8 Å². The third-order valence-electron chi connectivity index (χ3n) is 5.12. The van der Waals surface area contributed by atoms with Crippen LogP contribution in [-0.2, 0) is 5.92 Å². The van der Waals surface area contributed by atoms with Crippen LogP contribution in [0.4, 0.5) is 46.5 Å². The maximum absolute atomic E-state index is 13.9. The lowest BCUT2D eigenvalue weighted by molar-refractivity contribution is -0.289. The third kappa shape index (κ3) is 6.01. The van der Waals surface area contributed by atoms with Crippen LogP contribution in [0.3, 0.4) is 0 Å². The number of halogens is 9. The summed E-state index contributed by atoms with van der Waals surface area (Å²) >= 11 is 6.20. The number of aliphatic hydroxyl groups is 1. The fourth-order valence-electron chi connectivity index (χ4n) is 3.21. The molecule has 0 heterocycles. The number of hydrogen-bond donors (Lipinski definition) is 1. The van der Waals surface area contributed by atoms with Gasteiger partial charge in [0.2, 0.25) is 0 Å². The van der Waals surface area contributed by atoms with Gasteiger partial charge in [0.1, 0.15) is 11.5 Å². The molecule has 0 aliphatic rings. The van der Waals surface area contributed by atoms with Gasteiger partial charge in [0, 0.05) is 23.0 Å². The van der Waals surface area contributed by atoms with E-state index in [1.54, 1.807) is 19.1 Å². The number of aryl methyl sites for hydroxylation is 1. The monoisotopic (exact) mass is 539 g/mol. The predicted octanol–water partition coefficient (Wildman–Crippen LogP) is 8.16. The molecule has 36 heavy (non-hydrogen) atoms. The lowest BCUT2D eigenvalue weighted by Gasteiger charge is -2.30. The zero-order chi connectivity index (χ0) is 26.9. The molecule has 0 aliphatic carbocycles. The second kappa shape index (κ2) is 10.1. The number of ether oxygens (including phenoxy) is 1. The highest BCUT2D eigenvalue weighted by atomic mass is 35.5. The van der Waals surface area contributed by atoms with Crippen LogP contribution in [0, 0.1) is 6.92 Å². The first-order valence-corrected chi connectivity index (χ1v) is 10.6. The summed E-state index contributed by atoms with van der Waals surface area (Å²) in [4.78, 5) is 0.763. The van der Waals surface area contributed by atoms with Gasteiger partial charge in [-0.3, -0.25) is 0 Å². The van der Waals surface area contributed by atoms with Crippen molar-refractivity contribution in [2.75, 3.05) is 11.4 Å². The Morgan fingerprint density at radius 2 is 1.44 bits per heavy atom. The zero-order valence-corrected chi connectivity index (χ0v) is 19.1. The average Bonchev–Trinajstić information content (AvgIpc) is 2.79. The molecule has 0 amide bonds. The summed E-state index contributed by atoms with van der Waals surface area (Å²) in [5.41, 5.74) is -1.31. The molecular formula is C24H18ClF8NO2. The maximum Gasteiger partial charge on any atom is 0.458 e. The summed E-state index contributed by atoms with van der Waals surface area (Å²) in [5, 5.41) is 9.94. The molecule has 0 radical (unpaired) electrons. The van der Waals surface area contributed by atoms with Crippen LogP contribution in [0.5, 0.6) is 11.5 Å². The molecule has 0 bridgehead atoms. The van der Waals surface area contributed by atoms with E-state index in [2.05, 4.69) is 0 Å². The number of hydrogen-bond acceptors (Lipinski definition) is 3. The second-order valence-electron chi connectivity index (χ2n) is 7.78. The quantitative estimate of drug-likeness (QED) is 0.308. The fraction of sp³-hybridized carbons (Fsp3) is 0.250. The Kier molecular flexibility index (Phi) is 7.75. The molecule has 0 saturated heterocycles. The van der Waals surface area contributed by atoms with E-state index in [-0.39, 0.29) is 22.2 Å². The largest absolute Gasteiger partial charge is 0.458 e. The number of anilines is 2. The molecule has 1 atom stereocenters. The van der Waals surface area contributed by atoms with Crippen molar-refractivity contribution in [3.05, 3.63) is 82.9 Å². The van der Waals surface area contributed by atoms with Gasteiger partial charge in [-0.1, -0.05) is 41.9 Å². The van der Waals surface area contributed by atoms with Gasteiger partial charge in [-0.15, -0.1) is 0 Å². The van der Waals surface area contributed by atoms with Crippen molar-refractivity contribution >= 4 is 23.0 Å². The third-order valence-corrected chi connectivity index (χ3v) is 5.61. The minimum Gasteiger partial charge on any atom is -0.456 e. The predicted molar refractivity (Wildman–Crippen MR) is 118 cm³/mol. The Labute approximate surface area is 205 Å². The van der Waals surface area contributed by atoms with Crippen molar-refractivity contribution in [2.45, 2.75) is 31.3 Å². The van der Waals surface area contributed by atoms with E-state index in [1.165, 1.54) is 30.3 Å².